The minimum atomic E-state index is -0.0652. The Kier molecular flexibility index (Phi) is 2.71. The largest absolute Gasteiger partial charge is 0.438 e. The Balaban J connectivity index is 2.14. The lowest BCUT2D eigenvalue weighted by molar-refractivity contribution is 0.0619. The van der Waals surface area contributed by atoms with Crippen LogP contribution in [0.1, 0.15) is 30.1 Å². The Hall–Kier alpha value is -1.36. The number of carbonyl (C=O) groups excluding carboxylic acids is 1. The zero-order valence-electron chi connectivity index (χ0n) is 9.91. The molecule has 5 heteroatoms. The predicted octanol–water partition coefficient (Wildman–Crippen LogP) is 0.807. The molecule has 1 saturated heterocycles. The first-order valence-corrected chi connectivity index (χ1v) is 5.44. The molecule has 0 aliphatic carbocycles. The second-order valence-corrected chi connectivity index (χ2v) is 4.80. The van der Waals surface area contributed by atoms with Crippen LogP contribution in [0.15, 0.2) is 10.8 Å². The van der Waals surface area contributed by atoms with Crippen molar-refractivity contribution in [3.8, 4) is 0 Å². The van der Waals surface area contributed by atoms with Crippen molar-refractivity contribution in [2.75, 3.05) is 19.6 Å². The molecule has 1 amide bonds. The van der Waals surface area contributed by atoms with Crippen LogP contribution in [-0.4, -0.2) is 41.0 Å². The van der Waals surface area contributed by atoms with E-state index in [2.05, 4.69) is 24.1 Å². The van der Waals surface area contributed by atoms with Crippen LogP contribution in [0, 0.1) is 6.92 Å². The molecule has 1 N–H and O–H groups in total. The van der Waals surface area contributed by atoms with Gasteiger partial charge < -0.3 is 14.6 Å². The number of hydrogen-bond acceptors (Lipinski definition) is 4. The maximum atomic E-state index is 12.1. The maximum Gasteiger partial charge on any atom is 0.291 e. The molecular weight excluding hydrogens is 206 g/mol. The number of rotatable bonds is 1. The highest BCUT2D eigenvalue weighted by Gasteiger charge is 2.31. The van der Waals surface area contributed by atoms with Gasteiger partial charge in [-0.3, -0.25) is 4.79 Å². The number of aromatic nitrogens is 1. The van der Waals surface area contributed by atoms with Gasteiger partial charge in [-0.15, -0.1) is 0 Å². The van der Waals surface area contributed by atoms with E-state index in [-0.39, 0.29) is 11.4 Å². The summed E-state index contributed by atoms with van der Waals surface area (Å²) in [7, 11) is 0. The van der Waals surface area contributed by atoms with Crippen molar-refractivity contribution >= 4 is 5.91 Å². The molecule has 1 aromatic rings. The summed E-state index contributed by atoms with van der Waals surface area (Å²) in [5, 5.41) is 3.36. The first-order valence-electron chi connectivity index (χ1n) is 5.44. The van der Waals surface area contributed by atoms with E-state index in [0.29, 0.717) is 24.5 Å². The van der Waals surface area contributed by atoms with E-state index in [1.54, 1.807) is 6.92 Å². The van der Waals surface area contributed by atoms with E-state index in [0.717, 1.165) is 6.54 Å². The van der Waals surface area contributed by atoms with E-state index < -0.39 is 0 Å². The number of aryl methyl sites for hydroxylation is 1. The molecule has 0 radical (unpaired) electrons. The van der Waals surface area contributed by atoms with Crippen LogP contribution in [0.5, 0.6) is 0 Å². The summed E-state index contributed by atoms with van der Waals surface area (Å²) in [6.45, 7) is 8.16. The molecule has 0 unspecified atom stereocenters. The molecule has 1 aliphatic rings. The minimum absolute atomic E-state index is 0.0398. The van der Waals surface area contributed by atoms with Gasteiger partial charge in [0, 0.05) is 25.2 Å². The van der Waals surface area contributed by atoms with Gasteiger partial charge in [0.15, 0.2) is 6.39 Å². The number of nitrogens with zero attached hydrogens (tertiary/aromatic N) is 2. The smallest absolute Gasteiger partial charge is 0.291 e. The Labute approximate surface area is 94.8 Å². The second-order valence-electron chi connectivity index (χ2n) is 4.80. The third-order valence-corrected chi connectivity index (χ3v) is 2.80. The van der Waals surface area contributed by atoms with E-state index >= 15 is 0 Å². The average Bonchev–Trinajstić information content (AvgIpc) is 2.62. The fourth-order valence-electron chi connectivity index (χ4n) is 1.97. The Bertz CT molecular complexity index is 398. The SMILES string of the molecule is Cc1ncoc1C(=O)N1CCNC(C)(C)C1. The van der Waals surface area contributed by atoms with Gasteiger partial charge in [0.05, 0.1) is 5.69 Å². The van der Waals surface area contributed by atoms with Gasteiger partial charge in [0.25, 0.3) is 5.91 Å². The number of piperazine rings is 1. The van der Waals surface area contributed by atoms with Crippen molar-refractivity contribution in [2.24, 2.45) is 0 Å². The van der Waals surface area contributed by atoms with Gasteiger partial charge in [-0.1, -0.05) is 0 Å². The lowest BCUT2D eigenvalue weighted by Crippen LogP contribution is -2.58. The van der Waals surface area contributed by atoms with E-state index in [1.165, 1.54) is 6.39 Å². The summed E-state index contributed by atoms with van der Waals surface area (Å²) in [6.07, 6.45) is 1.32. The Morgan fingerprint density at radius 1 is 1.62 bits per heavy atom. The van der Waals surface area contributed by atoms with Crippen LogP contribution >= 0.6 is 0 Å². The van der Waals surface area contributed by atoms with Gasteiger partial charge in [-0.25, -0.2) is 4.98 Å². The third-order valence-electron chi connectivity index (χ3n) is 2.80. The zero-order chi connectivity index (χ0) is 11.8. The highest BCUT2D eigenvalue weighted by Crippen LogP contribution is 2.15. The van der Waals surface area contributed by atoms with Crippen molar-refractivity contribution in [1.82, 2.24) is 15.2 Å². The number of nitrogens with one attached hydrogen (secondary N) is 1. The summed E-state index contributed by atoms with van der Waals surface area (Å²) in [5.41, 5.74) is 0.614. The van der Waals surface area contributed by atoms with Crippen LogP contribution in [0.2, 0.25) is 0 Å². The van der Waals surface area contributed by atoms with Crippen LogP contribution in [0.4, 0.5) is 0 Å². The summed E-state index contributed by atoms with van der Waals surface area (Å²) < 4.78 is 5.12. The molecule has 1 aliphatic heterocycles. The topological polar surface area (TPSA) is 58.4 Å². The first kappa shape index (κ1) is 11.1. The molecule has 0 saturated carbocycles. The standard InChI is InChI=1S/C11H17N3O2/c1-8-9(16-7-12-8)10(15)14-5-4-13-11(2,3)6-14/h7,13H,4-6H2,1-3H3. The molecular formula is C11H17N3O2. The summed E-state index contributed by atoms with van der Waals surface area (Å²) in [4.78, 5) is 17.9. The third kappa shape index (κ3) is 2.09. The van der Waals surface area contributed by atoms with Crippen molar-refractivity contribution in [3.63, 3.8) is 0 Å². The molecule has 0 bridgehead atoms. The molecule has 0 aromatic carbocycles. The number of carbonyl (C=O) groups is 1. The molecule has 1 fully saturated rings. The number of amides is 1. The quantitative estimate of drug-likeness (QED) is 0.765. The van der Waals surface area contributed by atoms with Crippen LogP contribution in [0.3, 0.4) is 0 Å². The summed E-state index contributed by atoms with van der Waals surface area (Å²) >= 11 is 0. The van der Waals surface area contributed by atoms with E-state index in [9.17, 15) is 4.79 Å². The van der Waals surface area contributed by atoms with Crippen molar-refractivity contribution in [1.29, 1.82) is 0 Å². The fraction of sp³-hybridized carbons (Fsp3) is 0.636. The number of oxazole rings is 1. The van der Waals surface area contributed by atoms with E-state index in [4.69, 9.17) is 4.42 Å². The Morgan fingerprint density at radius 3 is 2.94 bits per heavy atom. The lowest BCUT2D eigenvalue weighted by atomic mass is 10.0. The van der Waals surface area contributed by atoms with Crippen molar-refractivity contribution in [3.05, 3.63) is 17.8 Å². The average molecular weight is 223 g/mol. The predicted molar refractivity (Wildman–Crippen MR) is 59.2 cm³/mol. The number of hydrogen-bond donors (Lipinski definition) is 1. The van der Waals surface area contributed by atoms with Gasteiger partial charge >= 0.3 is 0 Å². The van der Waals surface area contributed by atoms with Crippen LogP contribution in [-0.2, 0) is 0 Å². The van der Waals surface area contributed by atoms with E-state index in [1.807, 2.05) is 4.90 Å². The maximum absolute atomic E-state index is 12.1. The molecule has 2 rings (SSSR count). The highest BCUT2D eigenvalue weighted by atomic mass is 16.3. The van der Waals surface area contributed by atoms with Crippen LogP contribution < -0.4 is 5.32 Å². The van der Waals surface area contributed by atoms with Crippen molar-refractivity contribution in [2.45, 2.75) is 26.3 Å². The molecule has 0 spiro atoms. The normalized spacial score (nSPS) is 19.8. The molecule has 5 nitrogen and oxygen atoms in total. The van der Waals surface area contributed by atoms with Crippen molar-refractivity contribution < 1.29 is 9.21 Å². The highest BCUT2D eigenvalue weighted by molar-refractivity contribution is 5.92. The molecule has 2 heterocycles. The first-order chi connectivity index (χ1) is 7.49. The fourth-order valence-corrected chi connectivity index (χ4v) is 1.97. The lowest BCUT2D eigenvalue weighted by Gasteiger charge is -2.38. The Morgan fingerprint density at radius 2 is 2.38 bits per heavy atom. The van der Waals surface area contributed by atoms with Gasteiger partial charge in [-0.05, 0) is 20.8 Å². The molecule has 88 valence electrons. The monoisotopic (exact) mass is 223 g/mol. The van der Waals surface area contributed by atoms with Gasteiger partial charge in [-0.2, -0.15) is 0 Å². The summed E-state index contributed by atoms with van der Waals surface area (Å²) in [5.74, 6) is 0.294. The zero-order valence-corrected chi connectivity index (χ0v) is 9.91. The van der Waals surface area contributed by atoms with Crippen LogP contribution in [0.25, 0.3) is 0 Å². The molecule has 0 atom stereocenters. The molecule has 1 aromatic heterocycles. The minimum Gasteiger partial charge on any atom is -0.438 e. The van der Waals surface area contributed by atoms with Gasteiger partial charge in [0.1, 0.15) is 0 Å². The second kappa shape index (κ2) is 3.90. The molecule has 16 heavy (non-hydrogen) atoms. The summed E-state index contributed by atoms with van der Waals surface area (Å²) in [6, 6.07) is 0. The van der Waals surface area contributed by atoms with Gasteiger partial charge in [0.2, 0.25) is 5.76 Å².